The molecule has 0 spiro atoms. The molecular formula is C29H23F3N2O8S2. The van der Waals surface area contributed by atoms with Crippen molar-refractivity contribution in [3.05, 3.63) is 119 Å². The lowest BCUT2D eigenvalue weighted by Gasteiger charge is -2.48. The van der Waals surface area contributed by atoms with E-state index < -0.39 is 78.9 Å². The molecule has 2 aliphatic rings. The van der Waals surface area contributed by atoms with Crippen LogP contribution in [0.1, 0.15) is 22.8 Å². The Labute approximate surface area is 252 Å². The number of nitrogens with zero attached hydrogens (tertiary/aromatic N) is 1. The van der Waals surface area contributed by atoms with Crippen LogP contribution >= 0.6 is 0 Å². The number of halogens is 3. The highest BCUT2D eigenvalue weighted by molar-refractivity contribution is 7.88. The molecule has 230 valence electrons. The van der Waals surface area contributed by atoms with Gasteiger partial charge in [0.05, 0.1) is 23.0 Å². The summed E-state index contributed by atoms with van der Waals surface area (Å²) >= 11 is 0. The molecular weight excluding hydrogens is 625 g/mol. The van der Waals surface area contributed by atoms with Gasteiger partial charge in [0, 0.05) is 0 Å². The van der Waals surface area contributed by atoms with Crippen molar-refractivity contribution in [2.24, 2.45) is 0 Å². The average Bonchev–Trinajstić information content (AvgIpc) is 2.99. The normalized spacial score (nSPS) is 20.0. The molecule has 1 N–H and O–H groups in total. The van der Waals surface area contributed by atoms with Crippen molar-refractivity contribution in [3.63, 3.8) is 0 Å². The van der Waals surface area contributed by atoms with E-state index in [0.29, 0.717) is 21.6 Å². The third-order valence-electron chi connectivity index (χ3n) is 6.73. The van der Waals surface area contributed by atoms with Gasteiger partial charge in [-0.2, -0.15) is 21.6 Å². The van der Waals surface area contributed by atoms with E-state index in [-0.39, 0.29) is 6.42 Å². The first-order chi connectivity index (χ1) is 20.9. The fraction of sp³-hybridized carbons (Fsp3) is 0.207. The summed E-state index contributed by atoms with van der Waals surface area (Å²) in [6.45, 7) is 0. The SMILES string of the molecule is O=C(Cc1ccccc1)NC1C(=O)N2C(C(=O)OC(c3ccccc3)c3ccccc3)=C(OS(=O)(=O)C(F)(F)F)CS(=O)[C@H]12. The molecule has 15 heteroatoms. The first kappa shape index (κ1) is 30.9. The second-order valence-corrected chi connectivity index (χ2v) is 12.8. The van der Waals surface area contributed by atoms with Crippen molar-refractivity contribution in [2.45, 2.75) is 29.4 Å². The number of β-lactam (4-membered cyclic amide) rings is 1. The number of rotatable bonds is 9. The zero-order valence-electron chi connectivity index (χ0n) is 22.5. The Morgan fingerprint density at radius 2 is 1.45 bits per heavy atom. The second-order valence-electron chi connectivity index (χ2n) is 9.69. The first-order valence-electron chi connectivity index (χ1n) is 13.0. The number of ether oxygens (including phenoxy) is 1. The number of amides is 2. The van der Waals surface area contributed by atoms with Crippen LogP contribution in [0.4, 0.5) is 13.2 Å². The molecule has 3 aromatic rings. The van der Waals surface area contributed by atoms with Gasteiger partial charge in [0.2, 0.25) is 5.91 Å². The van der Waals surface area contributed by atoms with Crippen LogP contribution in [-0.2, 0) is 50.6 Å². The molecule has 3 atom stereocenters. The average molecular weight is 649 g/mol. The lowest BCUT2D eigenvalue weighted by Crippen LogP contribution is -2.73. The zero-order valence-corrected chi connectivity index (χ0v) is 24.1. The summed E-state index contributed by atoms with van der Waals surface area (Å²) in [6, 6.07) is 23.6. The summed E-state index contributed by atoms with van der Waals surface area (Å²) in [4.78, 5) is 40.2. The summed E-state index contributed by atoms with van der Waals surface area (Å²) in [7, 11) is -8.62. The standard InChI is InChI=1S/C29H23F3N2O8S2/c30-29(31,32)44(39,40)42-21-17-43(38)27-23(33-22(35)16-18-10-4-1-5-11-18)26(36)34(27)24(21)28(37)41-25(19-12-6-2-7-13-19)20-14-8-3-9-15-20/h1-15,23,25,27H,16-17H2,(H,33,35)/t23?,27-,43?/m1/s1. The molecule has 0 aliphatic carbocycles. The Balaban J connectivity index is 1.49. The number of benzene rings is 3. The Hall–Kier alpha value is -4.50. The van der Waals surface area contributed by atoms with Crippen LogP contribution in [0.25, 0.3) is 0 Å². The van der Waals surface area contributed by atoms with Crippen LogP contribution in [0, 0.1) is 0 Å². The van der Waals surface area contributed by atoms with Crippen LogP contribution in [0.3, 0.4) is 0 Å². The van der Waals surface area contributed by atoms with Crippen molar-refractivity contribution in [2.75, 3.05) is 5.75 Å². The summed E-state index contributed by atoms with van der Waals surface area (Å²) < 4.78 is 86.8. The predicted octanol–water partition coefficient (Wildman–Crippen LogP) is 3.06. The minimum absolute atomic E-state index is 0.136. The van der Waals surface area contributed by atoms with Crippen molar-refractivity contribution in [1.82, 2.24) is 10.2 Å². The van der Waals surface area contributed by atoms with Gasteiger partial charge in [-0.05, 0) is 16.7 Å². The fourth-order valence-electron chi connectivity index (χ4n) is 4.73. The van der Waals surface area contributed by atoms with Crippen molar-refractivity contribution < 1.29 is 49.1 Å². The van der Waals surface area contributed by atoms with Crippen LogP contribution in [0.5, 0.6) is 0 Å². The monoisotopic (exact) mass is 648 g/mol. The zero-order chi connectivity index (χ0) is 31.6. The molecule has 5 rings (SSSR count). The number of carbonyl (C=O) groups excluding carboxylic acids is 3. The van der Waals surface area contributed by atoms with Crippen LogP contribution < -0.4 is 5.32 Å². The molecule has 1 saturated heterocycles. The van der Waals surface area contributed by atoms with Crippen LogP contribution in [0.2, 0.25) is 0 Å². The molecule has 44 heavy (non-hydrogen) atoms. The van der Waals surface area contributed by atoms with E-state index in [1.165, 1.54) is 0 Å². The largest absolute Gasteiger partial charge is 0.534 e. The minimum Gasteiger partial charge on any atom is -0.448 e. The van der Waals surface area contributed by atoms with Crippen molar-refractivity contribution in [3.8, 4) is 0 Å². The molecule has 2 aliphatic heterocycles. The summed E-state index contributed by atoms with van der Waals surface area (Å²) in [5, 5.41) is 1.04. The number of carbonyl (C=O) groups is 3. The van der Waals surface area contributed by atoms with Gasteiger partial charge in [-0.1, -0.05) is 91.0 Å². The summed E-state index contributed by atoms with van der Waals surface area (Å²) in [5.41, 5.74) is -5.33. The van der Waals surface area contributed by atoms with E-state index in [4.69, 9.17) is 4.74 Å². The third kappa shape index (κ3) is 6.24. The molecule has 0 saturated carbocycles. The molecule has 10 nitrogen and oxygen atoms in total. The molecule has 1 fully saturated rings. The smallest absolute Gasteiger partial charge is 0.448 e. The van der Waals surface area contributed by atoms with Gasteiger partial charge in [-0.25, -0.2) is 4.79 Å². The second kappa shape index (κ2) is 12.2. The van der Waals surface area contributed by atoms with E-state index in [1.54, 1.807) is 91.0 Å². The maximum Gasteiger partial charge on any atom is 0.534 e. The van der Waals surface area contributed by atoms with E-state index in [0.717, 1.165) is 0 Å². The third-order valence-corrected chi connectivity index (χ3v) is 9.29. The Morgan fingerprint density at radius 1 is 0.932 bits per heavy atom. The number of hydrogen-bond acceptors (Lipinski definition) is 8. The van der Waals surface area contributed by atoms with Crippen molar-refractivity contribution >= 4 is 38.7 Å². The topological polar surface area (TPSA) is 136 Å². The molecule has 2 amide bonds. The predicted molar refractivity (Wildman–Crippen MR) is 150 cm³/mol. The van der Waals surface area contributed by atoms with Gasteiger partial charge in [-0.15, -0.1) is 0 Å². The maximum absolute atomic E-state index is 13.7. The highest BCUT2D eigenvalue weighted by Gasteiger charge is 2.59. The van der Waals surface area contributed by atoms with Crippen LogP contribution in [0.15, 0.2) is 102 Å². The van der Waals surface area contributed by atoms with E-state index in [9.17, 15) is 40.2 Å². The Bertz CT molecular complexity index is 1690. The van der Waals surface area contributed by atoms with Gasteiger partial charge >= 0.3 is 21.6 Å². The lowest BCUT2D eigenvalue weighted by molar-refractivity contribution is -0.155. The minimum atomic E-state index is -6.33. The quantitative estimate of drug-likeness (QED) is 0.162. The molecule has 3 aromatic carbocycles. The number of hydrogen-bond donors (Lipinski definition) is 1. The maximum atomic E-state index is 13.7. The van der Waals surface area contributed by atoms with Gasteiger partial charge in [0.25, 0.3) is 5.91 Å². The van der Waals surface area contributed by atoms with Gasteiger partial charge < -0.3 is 14.2 Å². The summed E-state index contributed by atoms with van der Waals surface area (Å²) in [6.07, 6.45) is -1.27. The molecule has 2 heterocycles. The van der Waals surface area contributed by atoms with Gasteiger partial charge in [-0.3, -0.25) is 18.7 Å². The number of nitrogens with one attached hydrogen (secondary N) is 1. The molecule has 2 unspecified atom stereocenters. The first-order valence-corrected chi connectivity index (χ1v) is 15.7. The molecule has 0 bridgehead atoms. The lowest BCUT2D eigenvalue weighted by atomic mass is 10.0. The summed E-state index contributed by atoms with van der Waals surface area (Å²) in [5.74, 6) is -5.20. The highest BCUT2D eigenvalue weighted by atomic mass is 32.2. The fourth-order valence-corrected chi connectivity index (χ4v) is 6.86. The van der Waals surface area contributed by atoms with E-state index in [2.05, 4.69) is 9.50 Å². The van der Waals surface area contributed by atoms with E-state index in [1.807, 2.05) is 0 Å². The number of fused-ring (bicyclic) bond motifs is 1. The molecule has 0 radical (unpaired) electrons. The molecule has 0 aromatic heterocycles. The number of esters is 1. The van der Waals surface area contributed by atoms with Crippen LogP contribution in [-0.4, -0.2) is 58.0 Å². The van der Waals surface area contributed by atoms with Crippen molar-refractivity contribution in [1.29, 1.82) is 0 Å². The highest BCUT2D eigenvalue weighted by Crippen LogP contribution is 2.39. The Kier molecular flexibility index (Phi) is 8.61. The Morgan fingerprint density at radius 3 is 1.98 bits per heavy atom. The number of alkyl halides is 3. The van der Waals surface area contributed by atoms with Gasteiger partial charge in [0.15, 0.2) is 17.6 Å². The van der Waals surface area contributed by atoms with Gasteiger partial charge in [0.1, 0.15) is 11.4 Å². The van der Waals surface area contributed by atoms with E-state index >= 15 is 0 Å².